The van der Waals surface area contributed by atoms with E-state index in [9.17, 15) is 0 Å². The summed E-state index contributed by atoms with van der Waals surface area (Å²) in [6.07, 6.45) is -0.366. The maximum atomic E-state index is 5.81. The van der Waals surface area contributed by atoms with Crippen LogP contribution in [-0.2, 0) is 20.9 Å². The van der Waals surface area contributed by atoms with Crippen molar-refractivity contribution in [3.63, 3.8) is 0 Å². The third-order valence-corrected chi connectivity index (χ3v) is 5.85. The van der Waals surface area contributed by atoms with E-state index in [2.05, 4.69) is 45.9 Å². The largest absolute Gasteiger partial charge is 0.359 e. The van der Waals surface area contributed by atoms with Gasteiger partial charge < -0.3 is 14.2 Å². The van der Waals surface area contributed by atoms with Crippen LogP contribution in [0.4, 0.5) is 0 Å². The van der Waals surface area contributed by atoms with Gasteiger partial charge in [0.05, 0.1) is 18.7 Å². The van der Waals surface area contributed by atoms with Gasteiger partial charge >= 0.3 is 0 Å². The van der Waals surface area contributed by atoms with E-state index in [4.69, 9.17) is 14.2 Å². The number of hydrogen-bond acceptors (Lipinski definition) is 5. The van der Waals surface area contributed by atoms with Crippen molar-refractivity contribution in [1.82, 2.24) is 15.0 Å². The number of fused-ring (bicyclic) bond motifs is 1. The molecule has 1 aromatic carbocycles. The Hall–Kier alpha value is -0.803. The molecule has 1 aromatic heterocycles. The van der Waals surface area contributed by atoms with E-state index in [0.717, 1.165) is 33.7 Å². The molecule has 1 aliphatic heterocycles. The number of halogens is 1. The van der Waals surface area contributed by atoms with Crippen molar-refractivity contribution in [3.05, 3.63) is 22.2 Å². The second kappa shape index (κ2) is 6.98. The van der Waals surface area contributed by atoms with E-state index in [1.54, 1.807) is 4.68 Å². The molecular weight excluding hydrogens is 378 g/mol. The van der Waals surface area contributed by atoms with Gasteiger partial charge in [-0.2, -0.15) is 0 Å². The molecule has 1 aliphatic rings. The molecule has 0 amide bonds. The van der Waals surface area contributed by atoms with E-state index >= 15 is 0 Å². The van der Waals surface area contributed by atoms with Gasteiger partial charge in [0.1, 0.15) is 12.2 Å². The molecule has 6 nitrogen and oxygen atoms in total. The summed E-state index contributed by atoms with van der Waals surface area (Å²) in [4.78, 5) is 0. The normalized spacial score (nSPS) is 16.5. The predicted molar refractivity (Wildman–Crippen MR) is 94.0 cm³/mol. The van der Waals surface area contributed by atoms with E-state index in [1.165, 1.54) is 0 Å². The molecule has 0 radical (unpaired) electrons. The Labute approximate surface area is 145 Å². The van der Waals surface area contributed by atoms with Crippen molar-refractivity contribution in [2.45, 2.75) is 38.7 Å². The smallest absolute Gasteiger partial charge is 0.186 e. The van der Waals surface area contributed by atoms with Crippen molar-refractivity contribution in [2.24, 2.45) is 0 Å². The molecule has 1 saturated heterocycles. The lowest BCUT2D eigenvalue weighted by Crippen LogP contribution is -2.22. The first kappa shape index (κ1) is 17.0. The van der Waals surface area contributed by atoms with Crippen LogP contribution in [0.5, 0.6) is 0 Å². The summed E-state index contributed by atoms with van der Waals surface area (Å²) >= 11 is 3.51. The molecule has 0 saturated carbocycles. The van der Waals surface area contributed by atoms with E-state index in [0.29, 0.717) is 19.9 Å². The van der Waals surface area contributed by atoms with Crippen LogP contribution in [0.25, 0.3) is 11.0 Å². The summed E-state index contributed by atoms with van der Waals surface area (Å²) in [5, 5.41) is 8.46. The van der Waals surface area contributed by atoms with Gasteiger partial charge in [0.2, 0.25) is 0 Å². The van der Waals surface area contributed by atoms with Gasteiger partial charge in [-0.15, -0.1) is 5.10 Å². The molecule has 1 fully saturated rings. The molecule has 0 N–H and O–H groups in total. The second-order valence-corrected chi connectivity index (χ2v) is 13.4. The highest BCUT2D eigenvalue weighted by Crippen LogP contribution is 2.32. The fraction of sp³-hybridized carbons (Fsp3) is 0.600. The van der Waals surface area contributed by atoms with Crippen molar-refractivity contribution < 1.29 is 14.2 Å². The molecule has 23 heavy (non-hydrogen) atoms. The van der Waals surface area contributed by atoms with Crippen molar-refractivity contribution >= 4 is 35.0 Å². The summed E-state index contributed by atoms with van der Waals surface area (Å²) in [5.74, 6) is 0. The molecule has 2 aromatic rings. The first-order valence-corrected chi connectivity index (χ1v) is 12.3. The van der Waals surface area contributed by atoms with Gasteiger partial charge in [0.25, 0.3) is 0 Å². The van der Waals surface area contributed by atoms with Gasteiger partial charge in [-0.1, -0.05) is 40.8 Å². The van der Waals surface area contributed by atoms with Crippen LogP contribution in [0, 0.1) is 0 Å². The molecule has 8 heteroatoms. The summed E-state index contributed by atoms with van der Waals surface area (Å²) in [5.41, 5.74) is 2.65. The monoisotopic (exact) mass is 399 g/mol. The highest BCUT2D eigenvalue weighted by Gasteiger charge is 2.24. The Morgan fingerprint density at radius 1 is 1.30 bits per heavy atom. The Balaban J connectivity index is 1.80. The summed E-state index contributed by atoms with van der Waals surface area (Å²) in [6.45, 7) is 9.37. The Kier molecular flexibility index (Phi) is 5.17. The summed E-state index contributed by atoms with van der Waals surface area (Å²) < 4.78 is 19.8. The van der Waals surface area contributed by atoms with Crippen molar-refractivity contribution in [1.29, 1.82) is 0 Å². The minimum Gasteiger partial charge on any atom is -0.359 e. The highest BCUT2D eigenvalue weighted by atomic mass is 79.9. The van der Waals surface area contributed by atoms with Crippen LogP contribution in [0.1, 0.15) is 11.9 Å². The molecule has 0 atom stereocenters. The summed E-state index contributed by atoms with van der Waals surface area (Å²) in [6, 6.07) is 5.08. The number of benzene rings is 1. The highest BCUT2D eigenvalue weighted by molar-refractivity contribution is 9.10. The van der Waals surface area contributed by atoms with E-state index in [-0.39, 0.29) is 6.29 Å². The topological polar surface area (TPSA) is 58.4 Å². The average molecular weight is 400 g/mol. The maximum absolute atomic E-state index is 5.81. The summed E-state index contributed by atoms with van der Waals surface area (Å²) in [7, 11) is -1.09. The van der Waals surface area contributed by atoms with Crippen LogP contribution >= 0.6 is 15.9 Å². The first-order chi connectivity index (χ1) is 10.9. The number of hydrogen-bond donors (Lipinski definition) is 0. The molecule has 0 unspecified atom stereocenters. The van der Waals surface area contributed by atoms with Gasteiger partial charge in [-0.3, -0.25) is 0 Å². The SMILES string of the molecule is C[Si](C)(C)CCOCn1nnc2cc(Br)cc(C3OCCO3)c21. The van der Waals surface area contributed by atoms with E-state index < -0.39 is 8.07 Å². The lowest BCUT2D eigenvalue weighted by molar-refractivity contribution is -0.0435. The molecule has 126 valence electrons. The number of aromatic nitrogens is 3. The van der Waals surface area contributed by atoms with Gasteiger partial charge in [-0.25, -0.2) is 4.68 Å². The predicted octanol–water partition coefficient (Wildman–Crippen LogP) is 3.55. The lowest BCUT2D eigenvalue weighted by Gasteiger charge is -2.16. The minimum absolute atomic E-state index is 0.366. The van der Waals surface area contributed by atoms with Gasteiger partial charge in [-0.05, 0) is 18.2 Å². The zero-order chi connectivity index (χ0) is 16.4. The third-order valence-electron chi connectivity index (χ3n) is 3.69. The van der Waals surface area contributed by atoms with Crippen LogP contribution < -0.4 is 0 Å². The van der Waals surface area contributed by atoms with E-state index in [1.807, 2.05) is 12.1 Å². The zero-order valence-electron chi connectivity index (χ0n) is 13.7. The lowest BCUT2D eigenvalue weighted by atomic mass is 10.1. The van der Waals surface area contributed by atoms with Gasteiger partial charge in [0.15, 0.2) is 6.29 Å². The molecule has 0 bridgehead atoms. The minimum atomic E-state index is -1.09. The van der Waals surface area contributed by atoms with Crippen molar-refractivity contribution in [3.8, 4) is 0 Å². The van der Waals surface area contributed by atoms with Crippen LogP contribution in [0.3, 0.4) is 0 Å². The Morgan fingerprint density at radius 2 is 2.04 bits per heavy atom. The Bertz CT molecular complexity index is 680. The zero-order valence-corrected chi connectivity index (χ0v) is 16.3. The van der Waals surface area contributed by atoms with Crippen LogP contribution in [-0.4, -0.2) is 42.9 Å². The maximum Gasteiger partial charge on any atom is 0.186 e. The molecule has 3 rings (SSSR count). The van der Waals surface area contributed by atoms with Crippen molar-refractivity contribution in [2.75, 3.05) is 19.8 Å². The van der Waals surface area contributed by atoms with Crippen LogP contribution in [0.15, 0.2) is 16.6 Å². The molecule has 2 heterocycles. The quantitative estimate of drug-likeness (QED) is 0.548. The third kappa shape index (κ3) is 4.19. The van der Waals surface area contributed by atoms with Crippen LogP contribution in [0.2, 0.25) is 25.7 Å². The number of rotatable bonds is 6. The molecule has 0 aliphatic carbocycles. The fourth-order valence-corrected chi connectivity index (χ4v) is 3.67. The number of nitrogens with zero attached hydrogens (tertiary/aromatic N) is 3. The standard InChI is InChI=1S/C15H22BrN3O3Si/c1-23(2,3)7-6-20-10-19-14-12(15-21-4-5-22-15)8-11(16)9-13(14)17-18-19/h8-9,15H,4-7,10H2,1-3H3. The second-order valence-electron chi connectivity index (χ2n) is 6.87. The molecule has 0 spiro atoms. The van der Waals surface area contributed by atoms with Gasteiger partial charge in [0, 0.05) is 24.7 Å². The average Bonchev–Trinajstić information content (AvgIpc) is 3.11. The fourth-order valence-electron chi connectivity index (χ4n) is 2.45. The number of ether oxygens (including phenoxy) is 3. The molecular formula is C15H22BrN3O3Si. The first-order valence-electron chi connectivity index (χ1n) is 7.78. The Morgan fingerprint density at radius 3 is 2.74 bits per heavy atom.